The van der Waals surface area contributed by atoms with Crippen LogP contribution in [-0.2, 0) is 11.0 Å². The van der Waals surface area contributed by atoms with Crippen LogP contribution in [0.1, 0.15) is 42.1 Å². The monoisotopic (exact) mass is 389 g/mol. The Kier molecular flexibility index (Phi) is 4.45. The predicted octanol–water partition coefficient (Wildman–Crippen LogP) is 4.10. The molecular weight excluding hydrogens is 367 g/mol. The highest BCUT2D eigenvalue weighted by Crippen LogP contribution is 2.40. The van der Waals surface area contributed by atoms with Gasteiger partial charge in [-0.3, -0.25) is 15.1 Å². The van der Waals surface area contributed by atoms with Crippen LogP contribution < -0.4 is 5.32 Å². The second-order valence-electron chi connectivity index (χ2n) is 7.74. The number of alkyl halides is 3. The zero-order valence-electron chi connectivity index (χ0n) is 15.8. The molecule has 2 aromatic rings. The van der Waals surface area contributed by atoms with Gasteiger partial charge in [-0.05, 0) is 61.1 Å². The van der Waals surface area contributed by atoms with Crippen molar-refractivity contribution in [1.29, 1.82) is 0 Å². The SMILES string of the molecule is Cc1c(-c2ccc(C(F)(F)F)cc2)ccnc1[C@H]1CC[C@@]2(CCN(C)C2=O)N1. The van der Waals surface area contributed by atoms with Crippen LogP contribution in [0.4, 0.5) is 13.2 Å². The van der Waals surface area contributed by atoms with Gasteiger partial charge in [0, 0.05) is 19.8 Å². The number of nitrogens with zero attached hydrogens (tertiary/aromatic N) is 2. The van der Waals surface area contributed by atoms with Crippen molar-refractivity contribution in [3.05, 3.63) is 53.3 Å². The standard InChI is InChI=1S/C21H22F3N3O/c1-13-16(14-3-5-15(6-4-14)21(22,23)24)8-11-25-18(13)17-7-9-20(26-17)10-12-27(2)19(20)28/h3-6,8,11,17,26H,7,9-10,12H2,1-2H3/t17-,20+/m1/s1. The molecule has 1 aromatic heterocycles. The van der Waals surface area contributed by atoms with Gasteiger partial charge in [-0.15, -0.1) is 0 Å². The van der Waals surface area contributed by atoms with E-state index in [1.165, 1.54) is 12.1 Å². The molecule has 2 atom stereocenters. The van der Waals surface area contributed by atoms with E-state index in [1.807, 2.05) is 20.0 Å². The summed E-state index contributed by atoms with van der Waals surface area (Å²) in [5.74, 6) is 0.131. The van der Waals surface area contributed by atoms with Crippen LogP contribution in [0.25, 0.3) is 11.1 Å². The first-order valence-electron chi connectivity index (χ1n) is 9.38. The van der Waals surface area contributed by atoms with Gasteiger partial charge in [-0.2, -0.15) is 13.2 Å². The molecule has 148 valence electrons. The summed E-state index contributed by atoms with van der Waals surface area (Å²) >= 11 is 0. The van der Waals surface area contributed by atoms with Crippen molar-refractivity contribution in [2.45, 2.75) is 43.9 Å². The Bertz CT molecular complexity index is 910. The molecule has 0 aliphatic carbocycles. The number of rotatable bonds is 2. The third-order valence-electron chi connectivity index (χ3n) is 6.04. The number of likely N-dealkylation sites (tertiary alicyclic amines) is 1. The molecule has 0 bridgehead atoms. The Morgan fingerprint density at radius 2 is 1.89 bits per heavy atom. The van der Waals surface area contributed by atoms with Crippen LogP contribution >= 0.6 is 0 Å². The van der Waals surface area contributed by atoms with Crippen LogP contribution in [0.5, 0.6) is 0 Å². The normalized spacial score (nSPS) is 25.1. The second-order valence-corrected chi connectivity index (χ2v) is 7.74. The van der Waals surface area contributed by atoms with Gasteiger partial charge in [0.05, 0.1) is 17.3 Å². The lowest BCUT2D eigenvalue weighted by Crippen LogP contribution is -2.47. The van der Waals surface area contributed by atoms with Gasteiger partial charge < -0.3 is 4.90 Å². The number of halogens is 3. The van der Waals surface area contributed by atoms with Gasteiger partial charge in [0.2, 0.25) is 5.91 Å². The molecule has 2 fully saturated rings. The molecule has 0 unspecified atom stereocenters. The maximum atomic E-state index is 12.8. The van der Waals surface area contributed by atoms with Crippen molar-refractivity contribution >= 4 is 5.91 Å². The number of nitrogens with one attached hydrogen (secondary N) is 1. The van der Waals surface area contributed by atoms with Gasteiger partial charge in [0.15, 0.2) is 0 Å². The van der Waals surface area contributed by atoms with Crippen molar-refractivity contribution < 1.29 is 18.0 Å². The third-order valence-corrected chi connectivity index (χ3v) is 6.04. The predicted molar refractivity (Wildman–Crippen MR) is 99.5 cm³/mol. The summed E-state index contributed by atoms with van der Waals surface area (Å²) in [5, 5.41) is 3.51. The first-order chi connectivity index (χ1) is 13.2. The van der Waals surface area contributed by atoms with Crippen molar-refractivity contribution in [3.63, 3.8) is 0 Å². The fourth-order valence-corrected chi connectivity index (χ4v) is 4.43. The molecule has 28 heavy (non-hydrogen) atoms. The maximum absolute atomic E-state index is 12.8. The molecule has 3 heterocycles. The van der Waals surface area contributed by atoms with E-state index in [-0.39, 0.29) is 11.9 Å². The van der Waals surface area contributed by atoms with Crippen molar-refractivity contribution in [1.82, 2.24) is 15.2 Å². The van der Waals surface area contributed by atoms with E-state index in [2.05, 4.69) is 10.3 Å². The molecular formula is C21H22F3N3O. The number of carbonyl (C=O) groups excluding carboxylic acids is 1. The molecule has 1 N–H and O–H groups in total. The fraction of sp³-hybridized carbons (Fsp3) is 0.429. The summed E-state index contributed by atoms with van der Waals surface area (Å²) in [6.45, 7) is 2.68. The van der Waals surface area contributed by atoms with Crippen LogP contribution in [0.2, 0.25) is 0 Å². The van der Waals surface area contributed by atoms with E-state index in [1.54, 1.807) is 11.1 Å². The lowest BCUT2D eigenvalue weighted by Gasteiger charge is -2.24. The minimum Gasteiger partial charge on any atom is -0.344 e. The quantitative estimate of drug-likeness (QED) is 0.841. The number of likely N-dealkylation sites (N-methyl/N-ethyl adjacent to an activating group) is 1. The molecule has 4 rings (SSSR count). The average molecular weight is 389 g/mol. The maximum Gasteiger partial charge on any atom is 0.416 e. The largest absolute Gasteiger partial charge is 0.416 e. The molecule has 2 aliphatic rings. The molecule has 1 spiro atoms. The minimum atomic E-state index is -4.35. The molecule has 7 heteroatoms. The molecule has 0 radical (unpaired) electrons. The molecule has 0 saturated carbocycles. The first-order valence-corrected chi connectivity index (χ1v) is 9.38. The average Bonchev–Trinajstić information content (AvgIpc) is 3.21. The first kappa shape index (κ1) is 18.9. The Hall–Kier alpha value is -2.41. The van der Waals surface area contributed by atoms with Crippen molar-refractivity contribution in [2.24, 2.45) is 0 Å². The van der Waals surface area contributed by atoms with Gasteiger partial charge in [-0.1, -0.05) is 12.1 Å². The zero-order chi connectivity index (χ0) is 20.1. The third kappa shape index (κ3) is 3.07. The van der Waals surface area contributed by atoms with Crippen LogP contribution in [-0.4, -0.2) is 34.9 Å². The van der Waals surface area contributed by atoms with E-state index >= 15 is 0 Å². The number of aromatic nitrogens is 1. The van der Waals surface area contributed by atoms with Gasteiger partial charge in [-0.25, -0.2) is 0 Å². The summed E-state index contributed by atoms with van der Waals surface area (Å²) in [4.78, 5) is 18.8. The highest BCUT2D eigenvalue weighted by Gasteiger charge is 2.50. The van der Waals surface area contributed by atoms with Gasteiger partial charge in [0.25, 0.3) is 0 Å². The van der Waals surface area contributed by atoms with Crippen LogP contribution in [0, 0.1) is 6.92 Å². The highest BCUT2D eigenvalue weighted by molar-refractivity contribution is 5.88. The van der Waals surface area contributed by atoms with Crippen molar-refractivity contribution in [3.8, 4) is 11.1 Å². The second kappa shape index (κ2) is 6.58. The Labute approximate surface area is 161 Å². The molecule has 2 aliphatic heterocycles. The Morgan fingerprint density at radius 1 is 1.18 bits per heavy atom. The lowest BCUT2D eigenvalue weighted by molar-refractivity contribution is -0.137. The summed E-state index contributed by atoms with van der Waals surface area (Å²) < 4.78 is 38.5. The van der Waals surface area contributed by atoms with E-state index in [4.69, 9.17) is 0 Å². The summed E-state index contributed by atoms with van der Waals surface area (Å²) in [7, 11) is 1.82. The smallest absolute Gasteiger partial charge is 0.344 e. The van der Waals surface area contributed by atoms with E-state index < -0.39 is 17.3 Å². The van der Waals surface area contributed by atoms with Gasteiger partial charge >= 0.3 is 6.18 Å². The Morgan fingerprint density at radius 3 is 2.50 bits per heavy atom. The molecule has 4 nitrogen and oxygen atoms in total. The van der Waals surface area contributed by atoms with Crippen LogP contribution in [0.15, 0.2) is 36.5 Å². The topological polar surface area (TPSA) is 45.2 Å². The van der Waals surface area contributed by atoms with E-state index in [0.717, 1.165) is 60.3 Å². The number of pyridine rings is 1. The molecule has 2 saturated heterocycles. The summed E-state index contributed by atoms with van der Waals surface area (Å²) in [6.07, 6.45) is -0.294. The fourth-order valence-electron chi connectivity index (χ4n) is 4.43. The number of hydrogen-bond acceptors (Lipinski definition) is 3. The van der Waals surface area contributed by atoms with Gasteiger partial charge in [0.1, 0.15) is 5.54 Å². The summed E-state index contributed by atoms with van der Waals surface area (Å²) in [5.41, 5.74) is 2.20. The number of hydrogen-bond donors (Lipinski definition) is 1. The lowest BCUT2D eigenvalue weighted by atomic mass is 9.95. The van der Waals surface area contributed by atoms with Crippen molar-refractivity contribution in [2.75, 3.05) is 13.6 Å². The molecule has 1 amide bonds. The van der Waals surface area contributed by atoms with E-state index in [9.17, 15) is 18.0 Å². The molecule has 1 aromatic carbocycles. The number of benzene rings is 1. The Balaban J connectivity index is 1.62. The minimum absolute atomic E-state index is 0.0372. The highest BCUT2D eigenvalue weighted by atomic mass is 19.4. The summed E-state index contributed by atoms with van der Waals surface area (Å²) in [6, 6.07) is 6.97. The van der Waals surface area contributed by atoms with Crippen LogP contribution in [0.3, 0.4) is 0 Å². The van der Waals surface area contributed by atoms with E-state index in [0.29, 0.717) is 0 Å². The number of carbonyl (C=O) groups is 1. The number of amides is 1. The zero-order valence-corrected chi connectivity index (χ0v) is 15.8.